The Morgan fingerprint density at radius 3 is 2.59 bits per heavy atom. The molecule has 0 spiro atoms. The molecule has 2 aromatic carbocycles. The lowest BCUT2D eigenvalue weighted by atomic mass is 10.1. The molecule has 2 aromatic rings. The number of hydrogen-bond donors (Lipinski definition) is 1. The second-order valence-corrected chi connectivity index (χ2v) is 6.38. The van der Waals surface area contributed by atoms with Gasteiger partial charge in [-0.1, -0.05) is 18.7 Å². The summed E-state index contributed by atoms with van der Waals surface area (Å²) in [7, 11) is 1.62. The molecule has 1 N–H and O–H groups in total. The second-order valence-electron chi connectivity index (χ2n) is 6.38. The molecule has 0 atom stereocenters. The molecule has 140 valence electrons. The van der Waals surface area contributed by atoms with Gasteiger partial charge in [0, 0.05) is 30.4 Å². The Labute approximate surface area is 157 Å². The van der Waals surface area contributed by atoms with E-state index in [1.807, 2.05) is 0 Å². The Kier molecular flexibility index (Phi) is 5.54. The number of rotatable bonds is 7. The van der Waals surface area contributed by atoms with Gasteiger partial charge in [0.2, 0.25) is 5.91 Å². The number of amides is 2. The predicted octanol–water partition coefficient (Wildman–Crippen LogP) is 3.45. The standard InChI is InChI=1S/C21H21FN2O3/c1-3-19(25)24(2)16-9-7-14(8-10-16)21(26)23-13-15-5-4-6-18(20(15)22)27-17-11-12-17/h3-10,17H,1,11-13H2,2H3,(H,23,26). The summed E-state index contributed by atoms with van der Waals surface area (Å²) >= 11 is 0. The Morgan fingerprint density at radius 1 is 1.26 bits per heavy atom. The average molecular weight is 368 g/mol. The maximum atomic E-state index is 14.4. The largest absolute Gasteiger partial charge is 0.487 e. The van der Waals surface area contributed by atoms with Crippen LogP contribution in [0.4, 0.5) is 10.1 Å². The van der Waals surface area contributed by atoms with E-state index in [4.69, 9.17) is 4.74 Å². The third-order valence-corrected chi connectivity index (χ3v) is 4.32. The van der Waals surface area contributed by atoms with E-state index in [1.54, 1.807) is 49.5 Å². The summed E-state index contributed by atoms with van der Waals surface area (Å²) in [4.78, 5) is 25.3. The SMILES string of the molecule is C=CC(=O)N(C)c1ccc(C(=O)NCc2cccc(OC3CC3)c2F)cc1. The van der Waals surface area contributed by atoms with Crippen molar-refractivity contribution < 1.29 is 18.7 Å². The van der Waals surface area contributed by atoms with Crippen LogP contribution in [0.3, 0.4) is 0 Å². The Bertz CT molecular complexity index is 860. The Morgan fingerprint density at radius 2 is 1.96 bits per heavy atom. The van der Waals surface area contributed by atoms with E-state index in [0.717, 1.165) is 12.8 Å². The van der Waals surface area contributed by atoms with Crippen molar-refractivity contribution in [1.29, 1.82) is 0 Å². The van der Waals surface area contributed by atoms with Gasteiger partial charge in [-0.2, -0.15) is 0 Å². The topological polar surface area (TPSA) is 58.6 Å². The van der Waals surface area contributed by atoms with Crippen molar-refractivity contribution in [3.63, 3.8) is 0 Å². The maximum Gasteiger partial charge on any atom is 0.251 e. The fraction of sp³-hybridized carbons (Fsp3) is 0.238. The third kappa shape index (κ3) is 4.53. The molecule has 0 bridgehead atoms. The van der Waals surface area contributed by atoms with E-state index in [-0.39, 0.29) is 30.2 Å². The number of benzene rings is 2. The van der Waals surface area contributed by atoms with Gasteiger partial charge in [0.15, 0.2) is 11.6 Å². The zero-order valence-corrected chi connectivity index (χ0v) is 15.1. The molecule has 1 fully saturated rings. The van der Waals surface area contributed by atoms with Crippen molar-refractivity contribution in [2.24, 2.45) is 0 Å². The lowest BCUT2D eigenvalue weighted by Crippen LogP contribution is -2.25. The minimum atomic E-state index is -0.440. The number of ether oxygens (including phenoxy) is 1. The summed E-state index contributed by atoms with van der Waals surface area (Å²) in [5.74, 6) is -0.781. The van der Waals surface area contributed by atoms with Gasteiger partial charge in [-0.3, -0.25) is 9.59 Å². The first-order chi connectivity index (χ1) is 13.0. The van der Waals surface area contributed by atoms with Crippen LogP contribution in [0.5, 0.6) is 5.75 Å². The molecule has 1 saturated carbocycles. The van der Waals surface area contributed by atoms with Crippen molar-refractivity contribution >= 4 is 17.5 Å². The molecule has 0 unspecified atom stereocenters. The quantitative estimate of drug-likeness (QED) is 0.762. The summed E-state index contributed by atoms with van der Waals surface area (Å²) in [6.45, 7) is 3.50. The highest BCUT2D eigenvalue weighted by molar-refractivity contribution is 6.01. The summed E-state index contributed by atoms with van der Waals surface area (Å²) in [6.07, 6.45) is 3.22. The first kappa shape index (κ1) is 18.6. The molecule has 1 aliphatic carbocycles. The number of likely N-dealkylation sites (N-methyl/N-ethyl adjacent to an activating group) is 1. The molecule has 1 aliphatic rings. The van der Waals surface area contributed by atoms with Crippen molar-refractivity contribution in [2.75, 3.05) is 11.9 Å². The Balaban J connectivity index is 1.62. The highest BCUT2D eigenvalue weighted by Crippen LogP contribution is 2.29. The number of carbonyl (C=O) groups is 2. The zero-order chi connectivity index (χ0) is 19.4. The second kappa shape index (κ2) is 8.03. The average Bonchev–Trinajstić information content (AvgIpc) is 3.51. The molecular formula is C21H21FN2O3. The van der Waals surface area contributed by atoms with Crippen molar-refractivity contribution in [3.05, 3.63) is 72.1 Å². The fourth-order valence-corrected chi connectivity index (χ4v) is 2.53. The van der Waals surface area contributed by atoms with Crippen LogP contribution in [0.1, 0.15) is 28.8 Å². The van der Waals surface area contributed by atoms with Crippen molar-refractivity contribution in [3.8, 4) is 5.75 Å². The first-order valence-corrected chi connectivity index (χ1v) is 8.72. The van der Waals surface area contributed by atoms with Crippen LogP contribution in [-0.4, -0.2) is 25.0 Å². The van der Waals surface area contributed by atoms with Gasteiger partial charge >= 0.3 is 0 Å². The maximum absolute atomic E-state index is 14.4. The molecule has 2 amide bonds. The highest BCUT2D eigenvalue weighted by Gasteiger charge is 2.25. The van der Waals surface area contributed by atoms with E-state index in [2.05, 4.69) is 11.9 Å². The third-order valence-electron chi connectivity index (χ3n) is 4.32. The minimum Gasteiger partial charge on any atom is -0.487 e. The van der Waals surface area contributed by atoms with Gasteiger partial charge < -0.3 is 15.0 Å². The molecule has 0 saturated heterocycles. The van der Waals surface area contributed by atoms with Crippen LogP contribution in [0.25, 0.3) is 0 Å². The molecular weight excluding hydrogens is 347 g/mol. The smallest absolute Gasteiger partial charge is 0.251 e. The van der Waals surface area contributed by atoms with Gasteiger partial charge in [-0.15, -0.1) is 0 Å². The van der Waals surface area contributed by atoms with Gasteiger partial charge in [0.05, 0.1) is 6.10 Å². The van der Waals surface area contributed by atoms with E-state index >= 15 is 0 Å². The van der Waals surface area contributed by atoms with E-state index in [0.29, 0.717) is 16.8 Å². The molecule has 0 aliphatic heterocycles. The number of nitrogens with one attached hydrogen (secondary N) is 1. The van der Waals surface area contributed by atoms with Gasteiger partial charge in [0.25, 0.3) is 5.91 Å². The molecule has 5 nitrogen and oxygen atoms in total. The predicted molar refractivity (Wildman–Crippen MR) is 101 cm³/mol. The van der Waals surface area contributed by atoms with E-state index in [1.165, 1.54) is 11.0 Å². The fourth-order valence-electron chi connectivity index (χ4n) is 2.53. The molecule has 3 rings (SSSR count). The van der Waals surface area contributed by atoms with E-state index in [9.17, 15) is 14.0 Å². The molecule has 0 radical (unpaired) electrons. The summed E-state index contributed by atoms with van der Waals surface area (Å²) in [5.41, 5.74) is 1.44. The first-order valence-electron chi connectivity index (χ1n) is 8.72. The normalized spacial score (nSPS) is 13.0. The lowest BCUT2D eigenvalue weighted by molar-refractivity contribution is -0.113. The number of hydrogen-bond acceptors (Lipinski definition) is 3. The lowest BCUT2D eigenvalue weighted by Gasteiger charge is -2.15. The monoisotopic (exact) mass is 368 g/mol. The van der Waals surface area contributed by atoms with Gasteiger partial charge in [-0.25, -0.2) is 4.39 Å². The van der Waals surface area contributed by atoms with Crippen molar-refractivity contribution in [2.45, 2.75) is 25.5 Å². The van der Waals surface area contributed by atoms with Gasteiger partial charge in [-0.05, 0) is 49.2 Å². The molecule has 0 aromatic heterocycles. The van der Waals surface area contributed by atoms with Crippen LogP contribution >= 0.6 is 0 Å². The van der Waals surface area contributed by atoms with Crippen LogP contribution in [0, 0.1) is 5.82 Å². The van der Waals surface area contributed by atoms with Gasteiger partial charge in [0.1, 0.15) is 0 Å². The van der Waals surface area contributed by atoms with Crippen LogP contribution in [0.2, 0.25) is 0 Å². The van der Waals surface area contributed by atoms with Crippen LogP contribution in [-0.2, 0) is 11.3 Å². The van der Waals surface area contributed by atoms with Crippen LogP contribution in [0.15, 0.2) is 55.1 Å². The number of nitrogens with zero attached hydrogens (tertiary/aromatic N) is 1. The molecule has 0 heterocycles. The summed E-state index contributed by atoms with van der Waals surface area (Å²) in [6, 6.07) is 11.5. The number of anilines is 1. The summed E-state index contributed by atoms with van der Waals surface area (Å²) < 4.78 is 20.0. The van der Waals surface area contributed by atoms with E-state index < -0.39 is 5.82 Å². The van der Waals surface area contributed by atoms with Crippen molar-refractivity contribution in [1.82, 2.24) is 5.32 Å². The Hall–Kier alpha value is -3.15. The zero-order valence-electron chi connectivity index (χ0n) is 15.1. The highest BCUT2D eigenvalue weighted by atomic mass is 19.1. The van der Waals surface area contributed by atoms with Crippen LogP contribution < -0.4 is 15.0 Å². The summed E-state index contributed by atoms with van der Waals surface area (Å²) in [5, 5.41) is 2.70. The molecule has 6 heteroatoms. The number of carbonyl (C=O) groups excluding carboxylic acids is 2. The number of halogens is 1. The molecule has 27 heavy (non-hydrogen) atoms. The minimum absolute atomic E-state index is 0.0587.